The largest absolute Gasteiger partial charge is 0.0840 e. The molecular formula is C21H28. The lowest BCUT2D eigenvalue weighted by Crippen LogP contribution is -1.98. The normalized spacial score (nSPS) is 26.2. The highest BCUT2D eigenvalue weighted by atomic mass is 14.2. The lowest BCUT2D eigenvalue weighted by molar-refractivity contribution is 0.595. The zero-order chi connectivity index (χ0) is 14.5. The third-order valence-corrected chi connectivity index (χ3v) is 4.77. The van der Waals surface area contributed by atoms with E-state index < -0.39 is 0 Å². The van der Waals surface area contributed by atoms with Crippen molar-refractivity contribution in [3.05, 3.63) is 70.9 Å². The third-order valence-electron chi connectivity index (χ3n) is 4.77. The molecule has 0 heterocycles. The van der Waals surface area contributed by atoms with Gasteiger partial charge in [0.2, 0.25) is 0 Å². The minimum atomic E-state index is 0. The molecule has 3 aliphatic rings. The number of hydrogen-bond acceptors (Lipinski definition) is 0. The first kappa shape index (κ1) is 14.4. The van der Waals surface area contributed by atoms with Crippen molar-refractivity contribution in [2.24, 2.45) is 5.92 Å². The standard InChI is InChI=1S/C21H26.H2/c1-2-7-18(13-12-17-8-4-3-5-9-17)16-20-15-14-19-10-6-11-21(19)20;/h3-8,11,16-17H,2,9-10,12-15H2,1H3;1H/b18-7-,20-16+;/t17-;/m1./s1. The van der Waals surface area contributed by atoms with E-state index in [1.54, 1.807) is 22.3 Å². The summed E-state index contributed by atoms with van der Waals surface area (Å²) in [5, 5.41) is 0. The van der Waals surface area contributed by atoms with Crippen molar-refractivity contribution in [1.82, 2.24) is 0 Å². The van der Waals surface area contributed by atoms with Gasteiger partial charge in [-0.2, -0.15) is 0 Å². The summed E-state index contributed by atoms with van der Waals surface area (Å²) in [5.74, 6) is 0.735. The van der Waals surface area contributed by atoms with E-state index in [0.717, 1.165) is 12.3 Å². The fourth-order valence-corrected chi connectivity index (χ4v) is 3.60. The highest BCUT2D eigenvalue weighted by Crippen LogP contribution is 2.39. The average Bonchev–Trinajstić information content (AvgIpc) is 3.11. The molecule has 0 aliphatic heterocycles. The van der Waals surface area contributed by atoms with Crippen LogP contribution in [-0.2, 0) is 0 Å². The minimum Gasteiger partial charge on any atom is -0.0840 e. The second kappa shape index (κ2) is 6.93. The lowest BCUT2D eigenvalue weighted by atomic mass is 9.92. The van der Waals surface area contributed by atoms with Crippen molar-refractivity contribution >= 4 is 0 Å². The van der Waals surface area contributed by atoms with Crippen LogP contribution in [0.3, 0.4) is 0 Å². The summed E-state index contributed by atoms with van der Waals surface area (Å²) in [6.07, 6.45) is 27.2. The van der Waals surface area contributed by atoms with Crippen LogP contribution in [0.1, 0.15) is 53.3 Å². The second-order valence-corrected chi connectivity index (χ2v) is 6.33. The van der Waals surface area contributed by atoms with E-state index in [1.165, 1.54) is 38.5 Å². The summed E-state index contributed by atoms with van der Waals surface area (Å²) in [6, 6.07) is 0. The van der Waals surface area contributed by atoms with Gasteiger partial charge in [0.15, 0.2) is 0 Å². The highest BCUT2D eigenvalue weighted by molar-refractivity contribution is 5.54. The van der Waals surface area contributed by atoms with Gasteiger partial charge in [-0.05, 0) is 62.0 Å². The first-order valence-electron chi connectivity index (χ1n) is 8.48. The monoisotopic (exact) mass is 280 g/mol. The van der Waals surface area contributed by atoms with Crippen LogP contribution in [0.15, 0.2) is 70.9 Å². The topological polar surface area (TPSA) is 0 Å². The lowest BCUT2D eigenvalue weighted by Gasteiger charge is -2.13. The minimum absolute atomic E-state index is 0. The molecule has 0 spiro atoms. The SMILES string of the molecule is CC/C=C(\C=C1/CCC2=C1C=CC2)CC[C@@H]1C=CC=CC1.[HH]. The van der Waals surface area contributed by atoms with E-state index in [0.29, 0.717) is 0 Å². The van der Waals surface area contributed by atoms with Crippen molar-refractivity contribution in [2.75, 3.05) is 0 Å². The quantitative estimate of drug-likeness (QED) is 0.542. The summed E-state index contributed by atoms with van der Waals surface area (Å²) in [4.78, 5) is 0. The van der Waals surface area contributed by atoms with Crippen LogP contribution >= 0.6 is 0 Å². The predicted molar refractivity (Wildman–Crippen MR) is 94.2 cm³/mol. The summed E-state index contributed by atoms with van der Waals surface area (Å²) in [6.45, 7) is 2.25. The van der Waals surface area contributed by atoms with Gasteiger partial charge in [-0.3, -0.25) is 0 Å². The van der Waals surface area contributed by atoms with Crippen molar-refractivity contribution in [3.8, 4) is 0 Å². The molecule has 0 N–H and O–H groups in total. The summed E-state index contributed by atoms with van der Waals surface area (Å²) < 4.78 is 0. The Balaban J connectivity index is 0.00000176. The van der Waals surface area contributed by atoms with Crippen LogP contribution in [0.5, 0.6) is 0 Å². The molecule has 0 bridgehead atoms. The van der Waals surface area contributed by atoms with Crippen LogP contribution in [0, 0.1) is 5.92 Å². The van der Waals surface area contributed by atoms with Gasteiger partial charge in [-0.1, -0.05) is 66.7 Å². The molecule has 0 aromatic carbocycles. The van der Waals surface area contributed by atoms with Crippen molar-refractivity contribution in [1.29, 1.82) is 0 Å². The molecule has 3 aliphatic carbocycles. The Hall–Kier alpha value is -1.56. The molecule has 0 nitrogen and oxygen atoms in total. The summed E-state index contributed by atoms with van der Waals surface area (Å²) in [5.41, 5.74) is 6.34. The molecule has 0 saturated carbocycles. The fraction of sp³-hybridized carbons (Fsp3) is 0.429. The zero-order valence-corrected chi connectivity index (χ0v) is 13.1. The van der Waals surface area contributed by atoms with Gasteiger partial charge in [-0.25, -0.2) is 0 Å². The maximum Gasteiger partial charge on any atom is 0 e. The van der Waals surface area contributed by atoms with Gasteiger partial charge in [-0.15, -0.1) is 0 Å². The first-order valence-corrected chi connectivity index (χ1v) is 8.48. The van der Waals surface area contributed by atoms with Gasteiger partial charge < -0.3 is 0 Å². The maximum absolute atomic E-state index is 2.49. The molecule has 112 valence electrons. The third kappa shape index (κ3) is 3.56. The Bertz CT molecular complexity index is 567. The van der Waals surface area contributed by atoms with Crippen LogP contribution in [0.2, 0.25) is 0 Å². The fourth-order valence-electron chi connectivity index (χ4n) is 3.60. The Kier molecular flexibility index (Phi) is 4.75. The molecule has 0 aromatic rings. The Morgan fingerprint density at radius 1 is 1.29 bits per heavy atom. The molecule has 3 rings (SSSR count). The van der Waals surface area contributed by atoms with Crippen LogP contribution in [0.25, 0.3) is 0 Å². The van der Waals surface area contributed by atoms with E-state index >= 15 is 0 Å². The molecule has 0 unspecified atom stereocenters. The molecule has 21 heavy (non-hydrogen) atoms. The Morgan fingerprint density at radius 2 is 2.24 bits per heavy atom. The molecule has 0 fully saturated rings. The van der Waals surface area contributed by atoms with E-state index in [4.69, 9.17) is 0 Å². The van der Waals surface area contributed by atoms with Crippen LogP contribution < -0.4 is 0 Å². The Morgan fingerprint density at radius 3 is 3.05 bits per heavy atom. The number of rotatable bonds is 5. The van der Waals surface area contributed by atoms with E-state index in [9.17, 15) is 0 Å². The summed E-state index contributed by atoms with van der Waals surface area (Å²) >= 11 is 0. The van der Waals surface area contributed by atoms with Gasteiger partial charge in [0.05, 0.1) is 0 Å². The van der Waals surface area contributed by atoms with E-state index in [1.807, 2.05) is 0 Å². The number of allylic oxidation sites excluding steroid dienone is 12. The maximum atomic E-state index is 2.49. The van der Waals surface area contributed by atoms with Gasteiger partial charge in [0, 0.05) is 1.43 Å². The van der Waals surface area contributed by atoms with Crippen molar-refractivity contribution < 1.29 is 1.43 Å². The second-order valence-electron chi connectivity index (χ2n) is 6.33. The molecular weight excluding hydrogens is 252 g/mol. The molecule has 0 radical (unpaired) electrons. The average molecular weight is 280 g/mol. The first-order chi connectivity index (χ1) is 10.4. The van der Waals surface area contributed by atoms with Crippen molar-refractivity contribution in [2.45, 2.75) is 51.9 Å². The number of hydrogen-bond donors (Lipinski definition) is 0. The van der Waals surface area contributed by atoms with Gasteiger partial charge in [0.25, 0.3) is 0 Å². The molecule has 0 aromatic heterocycles. The molecule has 1 atom stereocenters. The smallest absolute Gasteiger partial charge is 0 e. The van der Waals surface area contributed by atoms with E-state index in [2.05, 4.69) is 55.5 Å². The molecule has 0 saturated heterocycles. The Labute approximate surface area is 130 Å². The van der Waals surface area contributed by atoms with Crippen LogP contribution in [-0.4, -0.2) is 0 Å². The van der Waals surface area contributed by atoms with Gasteiger partial charge >= 0.3 is 0 Å². The predicted octanol–water partition coefficient (Wildman–Crippen LogP) is 6.46. The zero-order valence-electron chi connectivity index (χ0n) is 13.1. The van der Waals surface area contributed by atoms with Crippen molar-refractivity contribution in [3.63, 3.8) is 0 Å². The molecule has 0 amide bonds. The van der Waals surface area contributed by atoms with Crippen LogP contribution in [0.4, 0.5) is 0 Å². The summed E-state index contributed by atoms with van der Waals surface area (Å²) in [7, 11) is 0. The van der Waals surface area contributed by atoms with Gasteiger partial charge in [0.1, 0.15) is 0 Å². The molecule has 0 heteroatoms. The van der Waals surface area contributed by atoms with E-state index in [-0.39, 0.29) is 1.43 Å². The highest BCUT2D eigenvalue weighted by Gasteiger charge is 2.20.